The maximum atomic E-state index is 12.0. The minimum atomic E-state index is -4.86. The van der Waals surface area contributed by atoms with Crippen molar-refractivity contribution in [3.05, 3.63) is 21.9 Å². The van der Waals surface area contributed by atoms with E-state index in [9.17, 15) is 13.2 Å². The van der Waals surface area contributed by atoms with Crippen molar-refractivity contribution < 1.29 is 17.9 Å². The zero-order chi connectivity index (χ0) is 11.6. The highest BCUT2D eigenvalue weighted by atomic mass is 35.5. The molecule has 0 unspecified atom stereocenters. The number of aromatic nitrogens is 1. The summed E-state index contributed by atoms with van der Waals surface area (Å²) in [7, 11) is 0. The number of halogens is 5. The van der Waals surface area contributed by atoms with Gasteiger partial charge in [0.25, 0.3) is 0 Å². The Labute approximate surface area is 92.9 Å². The number of pyridine rings is 1. The molecule has 1 aromatic heterocycles. The van der Waals surface area contributed by atoms with Crippen molar-refractivity contribution in [2.24, 2.45) is 5.73 Å². The van der Waals surface area contributed by atoms with Gasteiger partial charge >= 0.3 is 6.36 Å². The van der Waals surface area contributed by atoms with Crippen LogP contribution in [0.2, 0.25) is 10.2 Å². The van der Waals surface area contributed by atoms with Crippen molar-refractivity contribution in [2.75, 3.05) is 0 Å². The quantitative estimate of drug-likeness (QED) is 0.832. The summed E-state index contributed by atoms with van der Waals surface area (Å²) in [6.07, 6.45) is -3.75. The van der Waals surface area contributed by atoms with Gasteiger partial charge in [0.05, 0.1) is 5.02 Å². The van der Waals surface area contributed by atoms with Crippen molar-refractivity contribution in [1.29, 1.82) is 0 Å². The van der Waals surface area contributed by atoms with Crippen LogP contribution < -0.4 is 10.5 Å². The fourth-order valence-electron chi connectivity index (χ4n) is 0.892. The largest absolute Gasteiger partial charge is 0.573 e. The zero-order valence-corrected chi connectivity index (χ0v) is 8.62. The van der Waals surface area contributed by atoms with E-state index in [0.717, 1.165) is 6.20 Å². The number of hydrogen-bond acceptors (Lipinski definition) is 3. The highest BCUT2D eigenvalue weighted by Crippen LogP contribution is 2.35. The maximum absolute atomic E-state index is 12.0. The first-order valence-electron chi connectivity index (χ1n) is 3.64. The van der Waals surface area contributed by atoms with Crippen LogP contribution >= 0.6 is 23.2 Å². The molecule has 0 aliphatic carbocycles. The summed E-state index contributed by atoms with van der Waals surface area (Å²) in [5.41, 5.74) is 5.19. The van der Waals surface area contributed by atoms with Gasteiger partial charge in [0.1, 0.15) is 0 Å². The standard InChI is InChI=1S/C7H5Cl2F3N2O/c8-4-2-14-6(9)5(3(4)1-13)15-7(10,11)12/h2H,1,13H2. The Balaban J connectivity index is 3.20. The van der Waals surface area contributed by atoms with Crippen LogP contribution in [0, 0.1) is 0 Å². The molecule has 0 aromatic carbocycles. The summed E-state index contributed by atoms with van der Waals surface area (Å²) in [6, 6.07) is 0. The summed E-state index contributed by atoms with van der Waals surface area (Å²) < 4.78 is 39.6. The van der Waals surface area contributed by atoms with Crippen molar-refractivity contribution in [3.63, 3.8) is 0 Å². The third kappa shape index (κ3) is 3.12. The molecule has 2 N–H and O–H groups in total. The van der Waals surface area contributed by atoms with E-state index >= 15 is 0 Å². The van der Waals surface area contributed by atoms with Gasteiger partial charge in [0, 0.05) is 18.3 Å². The van der Waals surface area contributed by atoms with Gasteiger partial charge in [0.2, 0.25) is 0 Å². The molecule has 3 nitrogen and oxygen atoms in total. The lowest BCUT2D eigenvalue weighted by atomic mass is 10.2. The Morgan fingerprint density at radius 3 is 2.47 bits per heavy atom. The van der Waals surface area contributed by atoms with Gasteiger partial charge in [-0.15, -0.1) is 13.2 Å². The minimum absolute atomic E-state index is 0.0267. The molecule has 1 rings (SSSR count). The van der Waals surface area contributed by atoms with Crippen LogP contribution in [0.1, 0.15) is 5.56 Å². The number of hydrogen-bond donors (Lipinski definition) is 1. The van der Waals surface area contributed by atoms with Crippen LogP contribution in [0.25, 0.3) is 0 Å². The SMILES string of the molecule is NCc1c(Cl)cnc(Cl)c1OC(F)(F)F. The number of rotatable bonds is 2. The number of nitrogens with zero attached hydrogens (tertiary/aromatic N) is 1. The Kier molecular flexibility index (Phi) is 3.64. The average Bonchev–Trinajstić information content (AvgIpc) is 2.10. The van der Waals surface area contributed by atoms with Crippen LogP contribution in [0.3, 0.4) is 0 Å². The molecule has 0 amide bonds. The second kappa shape index (κ2) is 4.42. The monoisotopic (exact) mass is 260 g/mol. The van der Waals surface area contributed by atoms with Gasteiger partial charge in [0.15, 0.2) is 10.9 Å². The predicted octanol–water partition coefficient (Wildman–Crippen LogP) is 2.75. The second-order valence-electron chi connectivity index (χ2n) is 2.46. The molecule has 15 heavy (non-hydrogen) atoms. The molecule has 0 saturated heterocycles. The van der Waals surface area contributed by atoms with E-state index in [2.05, 4.69) is 9.72 Å². The molecule has 84 valence electrons. The summed E-state index contributed by atoms with van der Waals surface area (Å²) >= 11 is 11.0. The first-order valence-corrected chi connectivity index (χ1v) is 4.39. The molecule has 1 heterocycles. The van der Waals surface area contributed by atoms with Gasteiger partial charge in [-0.2, -0.15) is 0 Å². The number of nitrogens with two attached hydrogens (primary N) is 1. The number of alkyl halides is 3. The molecule has 0 atom stereocenters. The van der Waals surface area contributed by atoms with Crippen LogP contribution in [0.5, 0.6) is 5.75 Å². The van der Waals surface area contributed by atoms with Gasteiger partial charge in [-0.05, 0) is 0 Å². The topological polar surface area (TPSA) is 48.1 Å². The molecular formula is C7H5Cl2F3N2O. The molecule has 0 bridgehead atoms. The molecule has 0 radical (unpaired) electrons. The minimum Gasteiger partial charge on any atom is -0.402 e. The fraction of sp³-hybridized carbons (Fsp3) is 0.286. The molecule has 0 spiro atoms. The van der Waals surface area contributed by atoms with Crippen molar-refractivity contribution in [1.82, 2.24) is 4.98 Å². The van der Waals surface area contributed by atoms with Crippen LogP contribution in [-0.2, 0) is 6.54 Å². The highest BCUT2D eigenvalue weighted by molar-refractivity contribution is 6.33. The van der Waals surface area contributed by atoms with Gasteiger partial charge in [-0.1, -0.05) is 23.2 Å². The van der Waals surface area contributed by atoms with E-state index < -0.39 is 17.3 Å². The van der Waals surface area contributed by atoms with Gasteiger partial charge in [-0.25, -0.2) is 4.98 Å². The van der Waals surface area contributed by atoms with Gasteiger partial charge in [-0.3, -0.25) is 0 Å². The lowest BCUT2D eigenvalue weighted by molar-refractivity contribution is -0.275. The first-order chi connectivity index (χ1) is 6.85. The van der Waals surface area contributed by atoms with E-state index in [-0.39, 0.29) is 17.1 Å². The van der Waals surface area contributed by atoms with E-state index in [1.165, 1.54) is 0 Å². The Morgan fingerprint density at radius 1 is 1.40 bits per heavy atom. The lowest BCUT2D eigenvalue weighted by Crippen LogP contribution is -2.19. The third-order valence-corrected chi connectivity index (χ3v) is 2.06. The first kappa shape index (κ1) is 12.4. The third-order valence-electron chi connectivity index (χ3n) is 1.46. The normalized spacial score (nSPS) is 11.6. The van der Waals surface area contributed by atoms with Crippen LogP contribution in [0.4, 0.5) is 13.2 Å². The molecular weight excluding hydrogens is 256 g/mol. The van der Waals surface area contributed by atoms with E-state index in [1.807, 2.05) is 0 Å². The van der Waals surface area contributed by atoms with Gasteiger partial charge < -0.3 is 10.5 Å². The average molecular weight is 261 g/mol. The fourth-order valence-corrected chi connectivity index (χ4v) is 1.31. The number of ether oxygens (including phenoxy) is 1. The second-order valence-corrected chi connectivity index (χ2v) is 3.22. The zero-order valence-electron chi connectivity index (χ0n) is 7.11. The molecule has 1 aromatic rings. The molecule has 0 fully saturated rings. The van der Waals surface area contributed by atoms with Crippen molar-refractivity contribution in [3.8, 4) is 5.75 Å². The van der Waals surface area contributed by atoms with E-state index in [0.29, 0.717) is 0 Å². The Hall–Kier alpha value is -0.720. The van der Waals surface area contributed by atoms with E-state index in [4.69, 9.17) is 28.9 Å². The highest BCUT2D eigenvalue weighted by Gasteiger charge is 2.33. The summed E-state index contributed by atoms with van der Waals surface area (Å²) in [5, 5.41) is -0.460. The van der Waals surface area contributed by atoms with Crippen LogP contribution in [-0.4, -0.2) is 11.3 Å². The molecule has 0 saturated carbocycles. The molecule has 0 aliphatic rings. The lowest BCUT2D eigenvalue weighted by Gasteiger charge is -2.13. The summed E-state index contributed by atoms with van der Waals surface area (Å²) in [6.45, 7) is -0.230. The van der Waals surface area contributed by atoms with E-state index in [1.54, 1.807) is 0 Å². The predicted molar refractivity (Wildman–Crippen MR) is 48.8 cm³/mol. The maximum Gasteiger partial charge on any atom is 0.573 e. The summed E-state index contributed by atoms with van der Waals surface area (Å²) in [4.78, 5) is 3.42. The Bertz CT molecular complexity index is 370. The Morgan fingerprint density at radius 2 is 2.00 bits per heavy atom. The van der Waals surface area contributed by atoms with Crippen molar-refractivity contribution >= 4 is 23.2 Å². The molecule has 8 heteroatoms. The smallest absolute Gasteiger partial charge is 0.402 e. The molecule has 0 aliphatic heterocycles. The van der Waals surface area contributed by atoms with Crippen molar-refractivity contribution in [2.45, 2.75) is 12.9 Å². The van der Waals surface area contributed by atoms with Crippen LogP contribution in [0.15, 0.2) is 6.20 Å². The summed E-state index contributed by atoms with van der Waals surface area (Å²) in [5.74, 6) is -0.654.